The predicted octanol–water partition coefficient (Wildman–Crippen LogP) is 2.25. The minimum Gasteiger partial charge on any atom is -0.391 e. The van der Waals surface area contributed by atoms with Gasteiger partial charge in [-0.3, -0.25) is 4.79 Å². The van der Waals surface area contributed by atoms with E-state index >= 15 is 0 Å². The number of carbonyl (C=O) groups is 1. The Bertz CT molecular complexity index is 639. The van der Waals surface area contributed by atoms with Crippen molar-refractivity contribution in [2.75, 3.05) is 13.1 Å². The number of likely N-dealkylation sites (tertiary alicyclic amines) is 1. The van der Waals surface area contributed by atoms with Gasteiger partial charge in [0.2, 0.25) is 0 Å². The number of aliphatic hydroxyl groups excluding tert-OH is 1. The van der Waals surface area contributed by atoms with E-state index in [4.69, 9.17) is 0 Å². The first-order valence-electron chi connectivity index (χ1n) is 7.11. The smallest absolute Gasteiger partial charge is 0.265 e. The number of carbonyl (C=O) groups excluding carboxylic acids is 1. The summed E-state index contributed by atoms with van der Waals surface area (Å²) < 4.78 is 0. The minimum atomic E-state index is -0.383. The summed E-state index contributed by atoms with van der Waals surface area (Å²) in [5.74, 6) is 0.000798. The summed E-state index contributed by atoms with van der Waals surface area (Å²) >= 11 is 1.47. The Morgan fingerprint density at radius 2 is 2.19 bits per heavy atom. The highest BCUT2D eigenvalue weighted by molar-refractivity contribution is 7.13. The van der Waals surface area contributed by atoms with E-state index in [9.17, 15) is 9.90 Å². The molecule has 21 heavy (non-hydrogen) atoms. The quantitative estimate of drug-likeness (QED) is 0.946. The van der Waals surface area contributed by atoms with Crippen LogP contribution in [0.25, 0.3) is 0 Å². The van der Waals surface area contributed by atoms with Crippen LogP contribution in [0.3, 0.4) is 0 Å². The molecule has 0 aliphatic carbocycles. The fourth-order valence-corrected chi connectivity index (χ4v) is 3.63. The maximum absolute atomic E-state index is 12.5. The number of aliphatic hydroxyl groups is 1. The summed E-state index contributed by atoms with van der Waals surface area (Å²) in [5, 5.41) is 10.5. The van der Waals surface area contributed by atoms with Gasteiger partial charge in [-0.1, -0.05) is 30.3 Å². The predicted molar refractivity (Wildman–Crippen MR) is 82.6 cm³/mol. The van der Waals surface area contributed by atoms with E-state index in [1.807, 2.05) is 25.1 Å². The molecule has 0 saturated carbocycles. The number of hydrogen-bond acceptors (Lipinski definition) is 4. The summed E-state index contributed by atoms with van der Waals surface area (Å²) in [7, 11) is 0. The van der Waals surface area contributed by atoms with Crippen molar-refractivity contribution < 1.29 is 9.90 Å². The van der Waals surface area contributed by atoms with Crippen LogP contribution in [0.5, 0.6) is 0 Å². The molecule has 0 spiro atoms. The van der Waals surface area contributed by atoms with Crippen LogP contribution in [-0.2, 0) is 6.42 Å². The molecule has 5 heteroatoms. The molecule has 1 aromatic heterocycles. The van der Waals surface area contributed by atoms with E-state index in [2.05, 4.69) is 17.1 Å². The van der Waals surface area contributed by atoms with Crippen molar-refractivity contribution in [2.24, 2.45) is 0 Å². The topological polar surface area (TPSA) is 53.4 Å². The second-order valence-corrected chi connectivity index (χ2v) is 6.46. The third-order valence-corrected chi connectivity index (χ3v) is 4.83. The Labute approximate surface area is 128 Å². The van der Waals surface area contributed by atoms with Gasteiger partial charge in [0.25, 0.3) is 5.91 Å². The van der Waals surface area contributed by atoms with E-state index in [1.54, 1.807) is 4.90 Å². The Hall–Kier alpha value is -1.72. The molecular weight excluding hydrogens is 284 g/mol. The fourth-order valence-electron chi connectivity index (χ4n) is 2.57. The second-order valence-electron chi connectivity index (χ2n) is 5.38. The van der Waals surface area contributed by atoms with Gasteiger partial charge in [0.1, 0.15) is 4.88 Å². The number of thiazole rings is 1. The number of aryl methyl sites for hydroxylation is 1. The van der Waals surface area contributed by atoms with Crippen LogP contribution >= 0.6 is 11.3 Å². The first-order chi connectivity index (χ1) is 10.1. The lowest BCUT2D eigenvalue weighted by Gasteiger charge is -2.14. The van der Waals surface area contributed by atoms with Crippen molar-refractivity contribution in [1.82, 2.24) is 9.88 Å². The monoisotopic (exact) mass is 302 g/mol. The Balaban J connectivity index is 1.76. The largest absolute Gasteiger partial charge is 0.391 e. The zero-order valence-electron chi connectivity index (χ0n) is 12.0. The SMILES string of the molecule is Cc1nc(Cc2ccccc2)sc1C(=O)N1CC[C@@H](O)C1. The van der Waals surface area contributed by atoms with E-state index in [0.29, 0.717) is 24.4 Å². The van der Waals surface area contributed by atoms with Crippen LogP contribution in [0, 0.1) is 6.92 Å². The zero-order chi connectivity index (χ0) is 14.8. The molecule has 4 nitrogen and oxygen atoms in total. The van der Waals surface area contributed by atoms with Crippen molar-refractivity contribution in [1.29, 1.82) is 0 Å². The molecule has 0 bridgehead atoms. The molecule has 2 heterocycles. The highest BCUT2D eigenvalue weighted by Gasteiger charge is 2.28. The lowest BCUT2D eigenvalue weighted by atomic mass is 10.2. The van der Waals surface area contributed by atoms with Gasteiger partial charge in [0, 0.05) is 19.5 Å². The number of hydrogen-bond donors (Lipinski definition) is 1. The highest BCUT2D eigenvalue weighted by Crippen LogP contribution is 2.24. The maximum Gasteiger partial charge on any atom is 0.265 e. The van der Waals surface area contributed by atoms with Crippen molar-refractivity contribution in [3.8, 4) is 0 Å². The average molecular weight is 302 g/mol. The van der Waals surface area contributed by atoms with Crippen molar-refractivity contribution >= 4 is 17.2 Å². The lowest BCUT2D eigenvalue weighted by Crippen LogP contribution is -2.29. The molecule has 1 N–H and O–H groups in total. The molecule has 1 saturated heterocycles. The average Bonchev–Trinajstić information content (AvgIpc) is 3.06. The van der Waals surface area contributed by atoms with Crippen LogP contribution in [0.2, 0.25) is 0 Å². The first-order valence-corrected chi connectivity index (χ1v) is 7.92. The molecule has 2 aromatic rings. The molecule has 1 amide bonds. The standard InChI is InChI=1S/C16H18N2O2S/c1-11-15(16(20)18-8-7-13(19)10-18)21-14(17-11)9-12-5-3-2-4-6-12/h2-6,13,19H,7-10H2,1H3/t13-/m1/s1. The summed E-state index contributed by atoms with van der Waals surface area (Å²) in [6.07, 6.45) is 1.04. The molecule has 1 atom stereocenters. The number of amides is 1. The third kappa shape index (κ3) is 3.14. The maximum atomic E-state index is 12.5. The van der Waals surface area contributed by atoms with Crippen molar-refractivity contribution in [2.45, 2.75) is 25.9 Å². The number of aromatic nitrogens is 1. The number of benzene rings is 1. The van der Waals surface area contributed by atoms with Gasteiger partial charge in [0.05, 0.1) is 16.8 Å². The van der Waals surface area contributed by atoms with Crippen LogP contribution in [0.1, 0.15) is 32.4 Å². The van der Waals surface area contributed by atoms with Gasteiger partial charge >= 0.3 is 0 Å². The van der Waals surface area contributed by atoms with Gasteiger partial charge in [-0.05, 0) is 18.9 Å². The third-order valence-electron chi connectivity index (χ3n) is 3.68. The summed E-state index contributed by atoms with van der Waals surface area (Å²) in [5.41, 5.74) is 1.99. The number of β-amino-alcohol motifs (C(OH)–C–C–N with tert-alkyl or cyclic N) is 1. The van der Waals surface area contributed by atoms with Gasteiger partial charge in [-0.25, -0.2) is 4.98 Å². The summed E-state index contributed by atoms with van der Waals surface area (Å²) in [6.45, 7) is 2.94. The van der Waals surface area contributed by atoms with Crippen LogP contribution < -0.4 is 0 Å². The first kappa shape index (κ1) is 14.2. The number of rotatable bonds is 3. The van der Waals surface area contributed by atoms with Crippen LogP contribution in [-0.4, -0.2) is 40.1 Å². The summed E-state index contributed by atoms with van der Waals surface area (Å²) in [4.78, 5) is 19.4. The van der Waals surface area contributed by atoms with Gasteiger partial charge in [-0.2, -0.15) is 0 Å². The van der Waals surface area contributed by atoms with Crippen LogP contribution in [0.15, 0.2) is 30.3 Å². The van der Waals surface area contributed by atoms with Crippen LogP contribution in [0.4, 0.5) is 0 Å². The molecule has 0 unspecified atom stereocenters. The normalized spacial score (nSPS) is 18.2. The Morgan fingerprint density at radius 3 is 2.86 bits per heavy atom. The van der Waals surface area contributed by atoms with Crippen molar-refractivity contribution in [3.63, 3.8) is 0 Å². The van der Waals surface area contributed by atoms with E-state index < -0.39 is 0 Å². The molecule has 1 aliphatic rings. The molecule has 1 aliphatic heterocycles. The lowest BCUT2D eigenvalue weighted by molar-refractivity contribution is 0.0769. The zero-order valence-corrected chi connectivity index (χ0v) is 12.8. The highest BCUT2D eigenvalue weighted by atomic mass is 32.1. The summed E-state index contributed by atoms with van der Waals surface area (Å²) in [6, 6.07) is 10.1. The van der Waals surface area contributed by atoms with E-state index in [-0.39, 0.29) is 12.0 Å². The molecule has 3 rings (SSSR count). The molecule has 0 radical (unpaired) electrons. The van der Waals surface area contributed by atoms with E-state index in [0.717, 1.165) is 17.1 Å². The van der Waals surface area contributed by atoms with Gasteiger partial charge in [0.15, 0.2) is 0 Å². The van der Waals surface area contributed by atoms with Crippen molar-refractivity contribution in [3.05, 3.63) is 51.5 Å². The molecule has 1 fully saturated rings. The molecule has 1 aromatic carbocycles. The van der Waals surface area contributed by atoms with Gasteiger partial charge < -0.3 is 10.0 Å². The molecule has 110 valence electrons. The fraction of sp³-hybridized carbons (Fsp3) is 0.375. The second kappa shape index (κ2) is 5.95. The minimum absolute atomic E-state index is 0.000798. The molecular formula is C16H18N2O2S. The van der Waals surface area contributed by atoms with Gasteiger partial charge in [-0.15, -0.1) is 11.3 Å². The Morgan fingerprint density at radius 1 is 1.43 bits per heavy atom. The van der Waals surface area contributed by atoms with E-state index in [1.165, 1.54) is 16.9 Å². The Kier molecular flexibility index (Phi) is 4.03. The number of nitrogens with zero attached hydrogens (tertiary/aromatic N) is 2.